The molecule has 21 heteroatoms. The first kappa shape index (κ1) is 49.9. The number of rotatable bonds is 3. The normalized spacial score (nSPS) is 20.6. The lowest BCUT2D eigenvalue weighted by molar-refractivity contribution is -0.186. The number of terminal acetylenes is 2. The molecule has 0 spiro atoms. The van der Waals surface area contributed by atoms with Crippen LogP contribution in [0.4, 0.5) is 38.0 Å². The van der Waals surface area contributed by atoms with E-state index < -0.39 is 36.3 Å². The quantitative estimate of drug-likeness (QED) is 0.133. The van der Waals surface area contributed by atoms with Crippen molar-refractivity contribution in [1.29, 1.82) is 0 Å². The van der Waals surface area contributed by atoms with Crippen LogP contribution in [0, 0.1) is 24.7 Å². The van der Waals surface area contributed by atoms with E-state index in [0.717, 1.165) is 57.1 Å². The first-order valence-corrected chi connectivity index (χ1v) is 22.1. The van der Waals surface area contributed by atoms with Gasteiger partial charge in [0.25, 0.3) is 0 Å². The van der Waals surface area contributed by atoms with Gasteiger partial charge in [-0.15, -0.1) is 12.8 Å². The van der Waals surface area contributed by atoms with E-state index in [0.29, 0.717) is 50.0 Å². The molecule has 0 radical (unpaired) electrons. The minimum absolute atomic E-state index is 0. The molecule has 0 saturated carbocycles. The van der Waals surface area contributed by atoms with Crippen LogP contribution in [0.3, 0.4) is 0 Å². The number of benzene rings is 2. The minimum Gasteiger partial charge on any atom is -0.339 e. The molecule has 6 aliphatic rings. The highest BCUT2D eigenvalue weighted by Gasteiger charge is 2.47. The maximum absolute atomic E-state index is 12.9. The first-order chi connectivity index (χ1) is 31.9. The Morgan fingerprint density at radius 3 is 1.79 bits per heavy atom. The predicted molar refractivity (Wildman–Crippen MR) is 242 cm³/mol. The van der Waals surface area contributed by atoms with Gasteiger partial charge in [0.2, 0.25) is 10.6 Å². The molecule has 4 aliphatic heterocycles. The molecule has 2 aromatic carbocycles. The largest absolute Gasteiger partial charge is 0.471 e. The molecular weight excluding hydrogens is 937 g/mol. The van der Waals surface area contributed by atoms with Gasteiger partial charge < -0.3 is 24.9 Å². The summed E-state index contributed by atoms with van der Waals surface area (Å²) in [5.74, 6) is 2.57. The molecule has 2 aromatic heterocycles. The van der Waals surface area contributed by atoms with Crippen molar-refractivity contribution in [1.82, 2.24) is 40.0 Å². The average Bonchev–Trinajstić information content (AvgIpc) is 4.14. The summed E-state index contributed by atoms with van der Waals surface area (Å²) in [6.07, 6.45) is 4.98. The number of aryl methyl sites for hydroxylation is 2. The van der Waals surface area contributed by atoms with Crippen molar-refractivity contribution in [3.63, 3.8) is 0 Å². The van der Waals surface area contributed by atoms with Gasteiger partial charge in [0.05, 0.1) is 24.5 Å². The number of halogens is 8. The van der Waals surface area contributed by atoms with Crippen LogP contribution >= 0.6 is 23.2 Å². The van der Waals surface area contributed by atoms with Crippen LogP contribution in [0.2, 0.25) is 10.6 Å². The van der Waals surface area contributed by atoms with Gasteiger partial charge in [-0.3, -0.25) is 19.3 Å². The lowest BCUT2D eigenvalue weighted by Crippen LogP contribution is -2.57. The van der Waals surface area contributed by atoms with Crippen LogP contribution in [-0.2, 0) is 48.6 Å². The summed E-state index contributed by atoms with van der Waals surface area (Å²) < 4.78 is 76.6. The Labute approximate surface area is 399 Å². The number of ketones is 1. The zero-order valence-electron chi connectivity index (χ0n) is 35.7. The number of hydrogen-bond donors (Lipinski definition) is 1. The lowest BCUT2D eigenvalue weighted by Gasteiger charge is -2.40. The minimum atomic E-state index is -4.93. The van der Waals surface area contributed by atoms with Gasteiger partial charge in [0.15, 0.2) is 5.78 Å². The van der Waals surface area contributed by atoms with Crippen LogP contribution in [0.15, 0.2) is 48.5 Å². The summed E-state index contributed by atoms with van der Waals surface area (Å²) in [7, 11) is 0. The monoisotopic (exact) mass is 982 g/mol. The van der Waals surface area contributed by atoms with Crippen molar-refractivity contribution >= 4 is 52.4 Å². The van der Waals surface area contributed by atoms with Crippen molar-refractivity contribution in [2.45, 2.75) is 89.8 Å². The maximum atomic E-state index is 12.9. The third kappa shape index (κ3) is 10.4. The number of carbonyl (C=O) groups excluding carboxylic acids is 3. The summed E-state index contributed by atoms with van der Waals surface area (Å²) in [6, 6.07) is 15.0. The van der Waals surface area contributed by atoms with E-state index in [9.17, 15) is 40.7 Å². The van der Waals surface area contributed by atoms with Gasteiger partial charge in [-0.05, 0) is 59.2 Å². The number of hydrogen-bond acceptors (Lipinski definition) is 11. The lowest BCUT2D eigenvalue weighted by atomic mass is 10.1. The number of aromatic nitrogens is 4. The fourth-order valence-corrected chi connectivity index (χ4v) is 9.81. The van der Waals surface area contributed by atoms with Crippen LogP contribution in [-0.4, -0.2) is 116 Å². The van der Waals surface area contributed by atoms with Crippen molar-refractivity contribution in [2.24, 2.45) is 0 Å². The summed E-state index contributed by atoms with van der Waals surface area (Å²) in [5, 5.41) is 3.25. The smallest absolute Gasteiger partial charge is 0.339 e. The van der Waals surface area contributed by atoms with Gasteiger partial charge >= 0.3 is 24.2 Å². The molecule has 3 atom stereocenters. The Hall–Kier alpha value is -5.99. The van der Waals surface area contributed by atoms with Crippen molar-refractivity contribution < 1.29 is 40.7 Å². The SMILES string of the molecule is C.C#C[C@H]1CN(C(=O)C(F)(F)F)CCN1c1nc(Cl)nc2c1CN(C1CCc3ccccc31)C2.C#C[C@H]1CN(C(=O)C(F)(F)F)CCN1c1nc(Cl)nc2c1CNC2.O=C1CCc2ccccc21. The van der Waals surface area contributed by atoms with E-state index >= 15 is 0 Å². The highest BCUT2D eigenvalue weighted by atomic mass is 35.5. The number of nitrogens with one attached hydrogen (secondary N) is 1. The molecule has 2 amide bonds. The van der Waals surface area contributed by atoms with Gasteiger partial charge in [-0.25, -0.2) is 19.9 Å². The molecular formula is C47H46Cl2F6N10O3. The fraction of sp³-hybridized carbons (Fsp3) is 0.426. The molecule has 2 saturated heterocycles. The third-order valence-corrected chi connectivity index (χ3v) is 13.0. The zero-order chi connectivity index (χ0) is 47.8. The topological polar surface area (TPSA) is 131 Å². The number of carbonyl (C=O) groups is 3. The number of alkyl halides is 6. The molecule has 10 rings (SSSR count). The first-order valence-electron chi connectivity index (χ1n) is 21.4. The molecule has 1 N–H and O–H groups in total. The Bertz CT molecular complexity index is 2670. The van der Waals surface area contributed by atoms with Crippen LogP contribution in [0.1, 0.15) is 75.9 Å². The number of piperazine rings is 2. The second-order valence-corrected chi connectivity index (χ2v) is 17.3. The van der Waals surface area contributed by atoms with Gasteiger partial charge in [-0.1, -0.05) is 67.8 Å². The number of amides is 2. The summed E-state index contributed by atoms with van der Waals surface area (Å²) in [4.78, 5) is 58.7. The Kier molecular flexibility index (Phi) is 14.9. The fourth-order valence-electron chi connectivity index (χ4n) is 9.44. The van der Waals surface area contributed by atoms with Crippen molar-refractivity contribution in [2.75, 3.05) is 49.1 Å². The molecule has 2 aliphatic carbocycles. The van der Waals surface area contributed by atoms with E-state index in [-0.39, 0.29) is 63.3 Å². The zero-order valence-corrected chi connectivity index (χ0v) is 37.2. The van der Waals surface area contributed by atoms with E-state index in [2.05, 4.69) is 54.1 Å². The highest BCUT2D eigenvalue weighted by molar-refractivity contribution is 6.28. The maximum Gasteiger partial charge on any atom is 0.471 e. The number of anilines is 2. The van der Waals surface area contributed by atoms with E-state index in [4.69, 9.17) is 36.0 Å². The van der Waals surface area contributed by atoms with Crippen LogP contribution in [0.5, 0.6) is 0 Å². The van der Waals surface area contributed by atoms with E-state index in [1.54, 1.807) is 9.80 Å². The van der Waals surface area contributed by atoms with Gasteiger partial charge in [-0.2, -0.15) is 26.3 Å². The van der Waals surface area contributed by atoms with Crippen molar-refractivity contribution in [3.8, 4) is 24.7 Å². The van der Waals surface area contributed by atoms with Crippen LogP contribution in [0.25, 0.3) is 0 Å². The van der Waals surface area contributed by atoms with Crippen molar-refractivity contribution in [3.05, 3.63) is 104 Å². The number of Topliss-reactive ketones (excluding diaryl/α,β-unsaturated/α-hetero) is 1. The highest BCUT2D eigenvalue weighted by Crippen LogP contribution is 2.42. The molecule has 4 aromatic rings. The summed E-state index contributed by atoms with van der Waals surface area (Å²) in [6.45, 7) is 1.88. The Morgan fingerprint density at radius 1 is 0.676 bits per heavy atom. The molecule has 68 heavy (non-hydrogen) atoms. The Morgan fingerprint density at radius 2 is 1.22 bits per heavy atom. The second kappa shape index (κ2) is 20.3. The molecule has 13 nitrogen and oxygen atoms in total. The average molecular weight is 984 g/mol. The van der Waals surface area contributed by atoms with E-state index in [1.165, 1.54) is 16.7 Å². The second-order valence-electron chi connectivity index (χ2n) is 16.6. The van der Waals surface area contributed by atoms with Gasteiger partial charge in [0.1, 0.15) is 23.7 Å². The molecule has 6 heterocycles. The summed E-state index contributed by atoms with van der Waals surface area (Å²) in [5.41, 5.74) is 8.07. The molecule has 1 unspecified atom stereocenters. The molecule has 358 valence electrons. The molecule has 0 bridgehead atoms. The standard InChI is InChI=1S/C23H21ClF3N5O.C14H13ClF3N5O.C9H8O.CH4/c1-2-15-11-30(21(33)23(25,26)27)9-10-32(15)20-17-12-31(13-18(17)28-22(24)29-20)19-8-7-14-5-3-4-6-16(14)19;1-2-8-7-22(12(24)14(16,17)18)3-4-23(8)11-9-5-19-6-10(9)20-13(15)21-11;10-9-6-5-7-3-1-2-4-8(7)9;/h1,3-6,15,19H,7-13H2;1,8,19H,3-7H2;1-4H,5-6H2;1H4/t15-,19?;8-;;/m00../s1. The summed E-state index contributed by atoms with van der Waals surface area (Å²) >= 11 is 12.2. The van der Waals surface area contributed by atoms with Crippen LogP contribution < -0.4 is 15.1 Å². The third-order valence-electron chi connectivity index (χ3n) is 12.6. The predicted octanol–water partition coefficient (Wildman–Crippen LogP) is 6.74. The Balaban J connectivity index is 0.000000170. The molecule has 2 fully saturated rings. The number of fused-ring (bicyclic) bond motifs is 4. The number of nitrogens with zero attached hydrogens (tertiary/aromatic N) is 9. The van der Waals surface area contributed by atoms with Gasteiger partial charge in [0, 0.05) is 81.5 Å². The van der Waals surface area contributed by atoms with E-state index in [1.807, 2.05) is 36.4 Å².